The average Bonchev–Trinajstić information content (AvgIpc) is 3.29. The number of fused-ring (bicyclic) bond motifs is 1. The van der Waals surface area contributed by atoms with Crippen LogP contribution in [0.15, 0.2) is 12.1 Å². The van der Waals surface area contributed by atoms with Crippen molar-refractivity contribution >= 4 is 23.2 Å². The monoisotopic (exact) mass is 389 g/mol. The van der Waals surface area contributed by atoms with Gasteiger partial charge in [0.05, 0.1) is 5.41 Å². The fourth-order valence-electron chi connectivity index (χ4n) is 5.63. The first-order valence-corrected chi connectivity index (χ1v) is 11.0. The predicted octanol–water partition coefficient (Wildman–Crippen LogP) is 2.74. The van der Waals surface area contributed by atoms with Crippen LogP contribution in [0.5, 0.6) is 0 Å². The molecular formula is C21H31N3O2S. The second-order valence-corrected chi connectivity index (χ2v) is 10.0. The zero-order chi connectivity index (χ0) is 19.2. The average molecular weight is 390 g/mol. The van der Waals surface area contributed by atoms with Crippen molar-refractivity contribution in [2.24, 2.45) is 10.8 Å². The Labute approximate surface area is 166 Å². The molecule has 0 N–H and O–H groups in total. The van der Waals surface area contributed by atoms with E-state index in [2.05, 4.69) is 30.9 Å². The molecule has 3 saturated heterocycles. The lowest BCUT2D eigenvalue weighted by Crippen LogP contribution is -2.52. The number of hydrogen-bond acceptors (Lipinski definition) is 4. The van der Waals surface area contributed by atoms with E-state index in [0.29, 0.717) is 12.5 Å². The Balaban J connectivity index is 1.53. The fraction of sp³-hybridized carbons (Fsp3) is 0.714. The molecule has 2 spiro atoms. The number of carbonyl (C=O) groups is 2. The number of amides is 2. The summed E-state index contributed by atoms with van der Waals surface area (Å²) < 4.78 is 0. The van der Waals surface area contributed by atoms with Crippen LogP contribution in [0, 0.1) is 17.8 Å². The lowest BCUT2D eigenvalue weighted by molar-refractivity contribution is -0.142. The highest BCUT2D eigenvalue weighted by Gasteiger charge is 2.65. The van der Waals surface area contributed by atoms with Gasteiger partial charge in [-0.3, -0.25) is 14.5 Å². The second kappa shape index (κ2) is 6.89. The van der Waals surface area contributed by atoms with Crippen molar-refractivity contribution in [2.75, 3.05) is 39.3 Å². The van der Waals surface area contributed by atoms with Crippen molar-refractivity contribution in [3.63, 3.8) is 0 Å². The van der Waals surface area contributed by atoms with Crippen molar-refractivity contribution in [3.05, 3.63) is 21.9 Å². The molecule has 0 bridgehead atoms. The molecule has 1 atom stereocenters. The first-order valence-electron chi connectivity index (χ1n) is 10.2. The van der Waals surface area contributed by atoms with Crippen LogP contribution in [0.4, 0.5) is 0 Å². The molecule has 4 heterocycles. The summed E-state index contributed by atoms with van der Waals surface area (Å²) in [6.45, 7) is 11.9. The highest BCUT2D eigenvalue weighted by atomic mass is 32.1. The van der Waals surface area contributed by atoms with Crippen molar-refractivity contribution in [3.8, 4) is 0 Å². The Morgan fingerprint density at radius 3 is 2.44 bits per heavy atom. The van der Waals surface area contributed by atoms with Gasteiger partial charge in [-0.15, -0.1) is 11.3 Å². The molecule has 148 valence electrons. The smallest absolute Gasteiger partial charge is 0.231 e. The van der Waals surface area contributed by atoms with Gasteiger partial charge in [0.15, 0.2) is 0 Å². The van der Waals surface area contributed by atoms with E-state index < -0.39 is 0 Å². The maximum Gasteiger partial charge on any atom is 0.231 e. The Morgan fingerprint density at radius 2 is 1.89 bits per heavy atom. The summed E-state index contributed by atoms with van der Waals surface area (Å²) in [6.07, 6.45) is 2.95. The minimum absolute atomic E-state index is 0.0401. The van der Waals surface area contributed by atoms with Crippen LogP contribution in [-0.4, -0.2) is 65.8 Å². The maximum atomic E-state index is 13.4. The summed E-state index contributed by atoms with van der Waals surface area (Å²) >= 11 is 1.88. The lowest BCUT2D eigenvalue weighted by Gasteiger charge is -2.46. The van der Waals surface area contributed by atoms with Crippen LogP contribution in [-0.2, 0) is 16.1 Å². The van der Waals surface area contributed by atoms with Crippen molar-refractivity contribution < 1.29 is 9.59 Å². The van der Waals surface area contributed by atoms with E-state index in [9.17, 15) is 9.59 Å². The van der Waals surface area contributed by atoms with Crippen LogP contribution in [0.25, 0.3) is 0 Å². The first-order chi connectivity index (χ1) is 12.9. The highest BCUT2D eigenvalue weighted by molar-refractivity contribution is 7.11. The van der Waals surface area contributed by atoms with Gasteiger partial charge < -0.3 is 9.80 Å². The lowest BCUT2D eigenvalue weighted by atomic mass is 9.60. The molecule has 2 amide bonds. The molecular weight excluding hydrogens is 358 g/mol. The van der Waals surface area contributed by atoms with Crippen LogP contribution in [0.2, 0.25) is 0 Å². The third-order valence-corrected chi connectivity index (χ3v) is 8.28. The third kappa shape index (κ3) is 3.01. The van der Waals surface area contributed by atoms with Gasteiger partial charge in [0.2, 0.25) is 11.8 Å². The van der Waals surface area contributed by atoms with E-state index in [1.54, 1.807) is 6.92 Å². The highest BCUT2D eigenvalue weighted by Crippen LogP contribution is 2.57. The number of likely N-dealkylation sites (tertiary alicyclic amines) is 3. The molecule has 1 aromatic heterocycles. The number of rotatable bonds is 3. The van der Waals surface area contributed by atoms with Gasteiger partial charge in [0.1, 0.15) is 0 Å². The van der Waals surface area contributed by atoms with Gasteiger partial charge in [-0.05, 0) is 58.3 Å². The molecule has 0 radical (unpaired) electrons. The van der Waals surface area contributed by atoms with Gasteiger partial charge >= 0.3 is 0 Å². The quantitative estimate of drug-likeness (QED) is 0.798. The summed E-state index contributed by atoms with van der Waals surface area (Å²) in [5.41, 5.74) is -0.387. The summed E-state index contributed by atoms with van der Waals surface area (Å²) in [7, 11) is 0. The molecule has 0 aromatic carbocycles. The minimum Gasteiger partial charge on any atom is -0.342 e. The molecule has 1 aromatic rings. The number of thiophene rings is 1. The largest absolute Gasteiger partial charge is 0.342 e. The minimum atomic E-state index is -0.347. The van der Waals surface area contributed by atoms with E-state index in [-0.39, 0.29) is 16.7 Å². The number of aryl methyl sites for hydroxylation is 1. The summed E-state index contributed by atoms with van der Waals surface area (Å²) in [5.74, 6) is 0.418. The zero-order valence-electron chi connectivity index (χ0n) is 16.8. The molecule has 4 rings (SSSR count). The number of piperidine rings is 1. The number of carbonyl (C=O) groups excluding carboxylic acids is 2. The molecule has 5 nitrogen and oxygen atoms in total. The number of hydrogen-bond donors (Lipinski definition) is 0. The normalized spacial score (nSPS) is 28.0. The molecule has 0 unspecified atom stereocenters. The van der Waals surface area contributed by atoms with E-state index in [0.717, 1.165) is 58.5 Å². The molecule has 0 aliphatic carbocycles. The van der Waals surface area contributed by atoms with Gasteiger partial charge in [-0.25, -0.2) is 0 Å². The zero-order valence-corrected chi connectivity index (χ0v) is 17.6. The Kier molecular flexibility index (Phi) is 4.83. The van der Waals surface area contributed by atoms with Crippen LogP contribution in [0.1, 0.15) is 42.9 Å². The Hall–Kier alpha value is -1.40. The topological polar surface area (TPSA) is 43.9 Å². The molecule has 3 fully saturated rings. The van der Waals surface area contributed by atoms with Crippen molar-refractivity contribution in [2.45, 2.75) is 46.6 Å². The van der Waals surface area contributed by atoms with E-state index in [1.807, 2.05) is 21.1 Å². The molecule has 3 aliphatic heterocycles. The van der Waals surface area contributed by atoms with Gasteiger partial charge in [-0.1, -0.05) is 0 Å². The summed E-state index contributed by atoms with van der Waals surface area (Å²) in [6, 6.07) is 4.43. The van der Waals surface area contributed by atoms with Crippen LogP contribution < -0.4 is 0 Å². The number of nitrogens with zero attached hydrogens (tertiary/aromatic N) is 3. The van der Waals surface area contributed by atoms with Gasteiger partial charge in [0.25, 0.3) is 0 Å². The van der Waals surface area contributed by atoms with Crippen LogP contribution >= 0.6 is 11.3 Å². The van der Waals surface area contributed by atoms with E-state index >= 15 is 0 Å². The van der Waals surface area contributed by atoms with Crippen molar-refractivity contribution in [1.82, 2.24) is 14.7 Å². The third-order valence-electron chi connectivity index (χ3n) is 7.29. The van der Waals surface area contributed by atoms with E-state index in [4.69, 9.17) is 0 Å². The Bertz CT molecular complexity index is 738. The SMILES string of the molecule is CCN1CC[C@]2(CN(C(C)=O)CC23CCN(Cc2ccc(C)s2)CC3)C1=O. The predicted molar refractivity (Wildman–Crippen MR) is 108 cm³/mol. The molecule has 0 saturated carbocycles. The summed E-state index contributed by atoms with van der Waals surface area (Å²) in [4.78, 5) is 34.8. The Morgan fingerprint density at radius 1 is 1.15 bits per heavy atom. The van der Waals surface area contributed by atoms with Crippen LogP contribution in [0.3, 0.4) is 0 Å². The van der Waals surface area contributed by atoms with Gasteiger partial charge in [0, 0.05) is 54.8 Å². The first kappa shape index (κ1) is 18.9. The standard InChI is InChI=1S/C21H31N3O2S/c1-4-23-12-9-21(19(23)26)15-24(17(3)25)14-20(21)7-10-22(11-8-20)13-18-6-5-16(2)27-18/h5-6H,4,7-15H2,1-3H3/t21-/m0/s1. The molecule has 27 heavy (non-hydrogen) atoms. The summed E-state index contributed by atoms with van der Waals surface area (Å²) in [5, 5.41) is 0. The fourth-order valence-corrected chi connectivity index (χ4v) is 6.57. The second-order valence-electron chi connectivity index (χ2n) is 8.66. The molecule has 6 heteroatoms. The van der Waals surface area contributed by atoms with Crippen molar-refractivity contribution in [1.29, 1.82) is 0 Å². The maximum absolute atomic E-state index is 13.4. The van der Waals surface area contributed by atoms with Gasteiger partial charge in [-0.2, -0.15) is 0 Å². The van der Waals surface area contributed by atoms with E-state index in [1.165, 1.54) is 9.75 Å². The molecule has 3 aliphatic rings.